The number of carbonyl (C=O) groups is 1. The summed E-state index contributed by atoms with van der Waals surface area (Å²) in [6.45, 7) is 0.481. The summed E-state index contributed by atoms with van der Waals surface area (Å²) in [5, 5.41) is 8.71. The maximum atomic E-state index is 10.6. The molecule has 1 heterocycles. The Balaban J connectivity index is 1.60. The summed E-state index contributed by atoms with van der Waals surface area (Å²) >= 11 is 0. The summed E-state index contributed by atoms with van der Waals surface area (Å²) in [6, 6.07) is 7.75. The second-order valence-electron chi connectivity index (χ2n) is 5.03. The molecule has 0 saturated heterocycles. The van der Waals surface area contributed by atoms with Gasteiger partial charge in [-0.05, 0) is 30.5 Å². The molecular formula is C15H16N2O3. The first-order valence-electron chi connectivity index (χ1n) is 6.66. The Morgan fingerprint density at radius 3 is 2.75 bits per heavy atom. The van der Waals surface area contributed by atoms with Crippen LogP contribution in [-0.2, 0) is 17.8 Å². The lowest BCUT2D eigenvalue weighted by atomic mass is 10.1. The predicted molar refractivity (Wildman–Crippen MR) is 72.6 cm³/mol. The van der Waals surface area contributed by atoms with Crippen molar-refractivity contribution in [2.45, 2.75) is 31.9 Å². The summed E-state index contributed by atoms with van der Waals surface area (Å²) in [4.78, 5) is 14.8. The summed E-state index contributed by atoms with van der Waals surface area (Å²) in [7, 11) is 0. The van der Waals surface area contributed by atoms with Crippen molar-refractivity contribution >= 4 is 5.97 Å². The predicted octanol–water partition coefficient (Wildman–Crippen LogP) is 2.42. The number of aliphatic carboxylic acids is 1. The zero-order valence-corrected chi connectivity index (χ0v) is 11.0. The summed E-state index contributed by atoms with van der Waals surface area (Å²) in [5.74, 6) is -0.0883. The molecule has 1 aliphatic rings. The molecule has 1 saturated carbocycles. The van der Waals surface area contributed by atoms with Crippen molar-refractivity contribution in [1.29, 1.82) is 0 Å². The van der Waals surface area contributed by atoms with Gasteiger partial charge < -0.3 is 14.4 Å². The third-order valence-electron chi connectivity index (χ3n) is 3.35. The first-order valence-corrected chi connectivity index (χ1v) is 6.66. The average molecular weight is 272 g/mol. The molecule has 0 unspecified atom stereocenters. The van der Waals surface area contributed by atoms with Crippen LogP contribution < -0.4 is 4.74 Å². The second kappa shape index (κ2) is 5.36. The Labute approximate surface area is 116 Å². The Hall–Kier alpha value is -2.30. The molecule has 0 aliphatic heterocycles. The van der Waals surface area contributed by atoms with Crippen LogP contribution in [0.2, 0.25) is 0 Å². The standard InChI is InChI=1S/C15H16N2O3/c18-15(19)7-11-1-5-14(6-2-11)20-9-13-8-16-10-17(13)12-3-4-12/h1-2,5-6,8,10,12H,3-4,7,9H2,(H,18,19). The number of nitrogens with zero attached hydrogens (tertiary/aromatic N) is 2. The third kappa shape index (κ3) is 2.99. The van der Waals surface area contributed by atoms with E-state index >= 15 is 0 Å². The minimum atomic E-state index is -0.827. The first kappa shape index (κ1) is 12.7. The van der Waals surface area contributed by atoms with E-state index in [0.29, 0.717) is 12.6 Å². The molecule has 5 heteroatoms. The van der Waals surface area contributed by atoms with Crippen LogP contribution in [0.25, 0.3) is 0 Å². The van der Waals surface area contributed by atoms with Gasteiger partial charge in [-0.25, -0.2) is 4.98 Å². The summed E-state index contributed by atoms with van der Waals surface area (Å²) in [5.41, 5.74) is 1.84. The fraction of sp³-hybridized carbons (Fsp3) is 0.333. The molecule has 2 aromatic rings. The quantitative estimate of drug-likeness (QED) is 0.877. The van der Waals surface area contributed by atoms with Crippen molar-refractivity contribution in [3.8, 4) is 5.75 Å². The number of ether oxygens (including phenoxy) is 1. The second-order valence-corrected chi connectivity index (χ2v) is 5.03. The van der Waals surface area contributed by atoms with Crippen LogP contribution in [0.1, 0.15) is 30.1 Å². The van der Waals surface area contributed by atoms with Crippen molar-refractivity contribution < 1.29 is 14.6 Å². The first-order chi connectivity index (χ1) is 9.72. The van der Waals surface area contributed by atoms with Gasteiger partial charge in [0.15, 0.2) is 0 Å². The zero-order chi connectivity index (χ0) is 13.9. The van der Waals surface area contributed by atoms with E-state index in [-0.39, 0.29) is 6.42 Å². The SMILES string of the molecule is O=C(O)Cc1ccc(OCc2cncn2C2CC2)cc1. The molecule has 3 rings (SSSR count). The number of hydrogen-bond donors (Lipinski definition) is 1. The normalized spacial score (nSPS) is 14.2. The topological polar surface area (TPSA) is 64.3 Å². The van der Waals surface area contributed by atoms with Crippen molar-refractivity contribution in [2.75, 3.05) is 0 Å². The number of benzene rings is 1. The van der Waals surface area contributed by atoms with Gasteiger partial charge in [-0.3, -0.25) is 4.79 Å². The van der Waals surface area contributed by atoms with E-state index in [1.54, 1.807) is 24.3 Å². The molecule has 1 aliphatic carbocycles. The number of rotatable bonds is 6. The van der Waals surface area contributed by atoms with Gasteiger partial charge in [-0.15, -0.1) is 0 Å². The highest BCUT2D eigenvalue weighted by atomic mass is 16.5. The number of hydrogen-bond acceptors (Lipinski definition) is 3. The molecule has 0 spiro atoms. The number of carboxylic acid groups (broad SMARTS) is 1. The highest BCUT2D eigenvalue weighted by Crippen LogP contribution is 2.35. The van der Waals surface area contributed by atoms with Crippen LogP contribution in [0.15, 0.2) is 36.8 Å². The van der Waals surface area contributed by atoms with E-state index in [9.17, 15) is 4.79 Å². The van der Waals surface area contributed by atoms with Gasteiger partial charge in [-0.1, -0.05) is 12.1 Å². The van der Waals surface area contributed by atoms with Crippen molar-refractivity contribution in [3.63, 3.8) is 0 Å². The van der Waals surface area contributed by atoms with Crippen LogP contribution in [0.3, 0.4) is 0 Å². The van der Waals surface area contributed by atoms with E-state index in [1.165, 1.54) is 12.8 Å². The van der Waals surface area contributed by atoms with Crippen LogP contribution in [0.5, 0.6) is 5.75 Å². The Morgan fingerprint density at radius 1 is 1.35 bits per heavy atom. The average Bonchev–Trinajstić information content (AvgIpc) is 3.16. The number of aromatic nitrogens is 2. The minimum Gasteiger partial charge on any atom is -0.487 e. The summed E-state index contributed by atoms with van der Waals surface area (Å²) in [6.07, 6.45) is 6.15. The van der Waals surface area contributed by atoms with Gasteiger partial charge in [0.2, 0.25) is 0 Å². The van der Waals surface area contributed by atoms with Crippen molar-refractivity contribution in [3.05, 3.63) is 48.0 Å². The molecule has 1 aromatic carbocycles. The lowest BCUT2D eigenvalue weighted by Crippen LogP contribution is -2.04. The highest BCUT2D eigenvalue weighted by Gasteiger charge is 2.25. The smallest absolute Gasteiger partial charge is 0.307 e. The number of carboxylic acids is 1. The lowest BCUT2D eigenvalue weighted by molar-refractivity contribution is -0.136. The Kier molecular flexibility index (Phi) is 3.41. The fourth-order valence-electron chi connectivity index (χ4n) is 2.16. The van der Waals surface area contributed by atoms with Gasteiger partial charge in [0.05, 0.1) is 24.6 Å². The van der Waals surface area contributed by atoms with Crippen LogP contribution in [0.4, 0.5) is 0 Å². The highest BCUT2D eigenvalue weighted by molar-refractivity contribution is 5.70. The molecule has 0 amide bonds. The van der Waals surface area contributed by atoms with E-state index in [4.69, 9.17) is 9.84 Å². The van der Waals surface area contributed by atoms with E-state index < -0.39 is 5.97 Å². The number of imidazole rings is 1. The van der Waals surface area contributed by atoms with Gasteiger partial charge in [0.1, 0.15) is 12.4 Å². The lowest BCUT2D eigenvalue weighted by Gasteiger charge is -2.09. The summed E-state index contributed by atoms with van der Waals surface area (Å²) < 4.78 is 7.89. The van der Waals surface area contributed by atoms with Gasteiger partial charge in [0.25, 0.3) is 0 Å². The molecule has 1 aromatic heterocycles. The molecule has 20 heavy (non-hydrogen) atoms. The molecule has 0 radical (unpaired) electrons. The fourth-order valence-corrected chi connectivity index (χ4v) is 2.16. The van der Waals surface area contributed by atoms with E-state index in [2.05, 4.69) is 9.55 Å². The van der Waals surface area contributed by atoms with Crippen molar-refractivity contribution in [2.24, 2.45) is 0 Å². The van der Waals surface area contributed by atoms with Crippen LogP contribution in [0, 0.1) is 0 Å². The third-order valence-corrected chi connectivity index (χ3v) is 3.35. The maximum Gasteiger partial charge on any atom is 0.307 e. The van der Waals surface area contributed by atoms with Crippen molar-refractivity contribution in [1.82, 2.24) is 9.55 Å². The van der Waals surface area contributed by atoms with Crippen LogP contribution in [-0.4, -0.2) is 20.6 Å². The molecule has 1 N–H and O–H groups in total. The van der Waals surface area contributed by atoms with Crippen LogP contribution >= 0.6 is 0 Å². The maximum absolute atomic E-state index is 10.6. The Bertz CT molecular complexity index is 600. The van der Waals surface area contributed by atoms with Gasteiger partial charge in [0, 0.05) is 6.04 Å². The minimum absolute atomic E-state index is 0.0364. The van der Waals surface area contributed by atoms with Gasteiger partial charge >= 0.3 is 5.97 Å². The molecule has 1 fully saturated rings. The molecule has 0 atom stereocenters. The largest absolute Gasteiger partial charge is 0.487 e. The molecule has 0 bridgehead atoms. The van der Waals surface area contributed by atoms with E-state index in [0.717, 1.165) is 17.0 Å². The molecule has 5 nitrogen and oxygen atoms in total. The van der Waals surface area contributed by atoms with Gasteiger partial charge in [-0.2, -0.15) is 0 Å². The Morgan fingerprint density at radius 2 is 2.10 bits per heavy atom. The monoisotopic (exact) mass is 272 g/mol. The zero-order valence-electron chi connectivity index (χ0n) is 11.0. The molecule has 104 valence electrons. The van der Waals surface area contributed by atoms with E-state index in [1.807, 2.05) is 12.5 Å². The molecular weight excluding hydrogens is 256 g/mol.